The molecule has 0 bridgehead atoms. The van der Waals surface area contributed by atoms with Crippen LogP contribution in [0.15, 0.2) is 30.3 Å². The molecule has 1 aromatic carbocycles. The topological polar surface area (TPSA) is 57.2 Å². The van der Waals surface area contributed by atoms with Crippen molar-refractivity contribution in [3.05, 3.63) is 35.9 Å². The molecule has 22 heavy (non-hydrogen) atoms. The molecule has 1 spiro atoms. The van der Waals surface area contributed by atoms with Gasteiger partial charge in [0.25, 0.3) is 0 Å². The molecular weight excluding hydrogens is 284 g/mol. The van der Waals surface area contributed by atoms with Crippen LogP contribution in [0.4, 0.5) is 0 Å². The Kier molecular flexibility index (Phi) is 3.33. The molecule has 2 aliphatic heterocycles. The fraction of sp³-hybridized carbons (Fsp3) is 0.647. The third-order valence-corrected chi connectivity index (χ3v) is 4.79. The quantitative estimate of drug-likeness (QED) is 0.920. The molecule has 5 nitrogen and oxygen atoms in total. The van der Waals surface area contributed by atoms with Gasteiger partial charge in [-0.25, -0.2) is 0 Å². The smallest absolute Gasteiger partial charge is 0.190 e. The summed E-state index contributed by atoms with van der Waals surface area (Å²) in [5.41, 5.74) is 0.663. The lowest BCUT2D eigenvalue weighted by Gasteiger charge is -2.26. The number of aliphatic hydroxyl groups is 1. The van der Waals surface area contributed by atoms with Crippen molar-refractivity contribution in [1.29, 1.82) is 0 Å². The van der Waals surface area contributed by atoms with E-state index in [0.717, 1.165) is 12.0 Å². The highest BCUT2D eigenvalue weighted by molar-refractivity contribution is 5.19. The largest absolute Gasteiger partial charge is 0.396 e. The Morgan fingerprint density at radius 1 is 1.18 bits per heavy atom. The summed E-state index contributed by atoms with van der Waals surface area (Å²) < 4.78 is 24.1. The molecule has 5 heteroatoms. The van der Waals surface area contributed by atoms with E-state index in [1.165, 1.54) is 0 Å². The van der Waals surface area contributed by atoms with Crippen LogP contribution in [0.2, 0.25) is 0 Å². The molecule has 0 aromatic heterocycles. The van der Waals surface area contributed by atoms with Crippen molar-refractivity contribution in [2.24, 2.45) is 5.92 Å². The lowest BCUT2D eigenvalue weighted by molar-refractivity contribution is -0.227. The lowest BCUT2D eigenvalue weighted by Crippen LogP contribution is -2.39. The molecule has 2 saturated heterocycles. The van der Waals surface area contributed by atoms with Gasteiger partial charge in [-0.1, -0.05) is 30.3 Å². The van der Waals surface area contributed by atoms with Crippen molar-refractivity contribution in [2.75, 3.05) is 6.61 Å². The maximum absolute atomic E-state index is 9.48. The van der Waals surface area contributed by atoms with Gasteiger partial charge in [-0.15, -0.1) is 0 Å². The second-order valence-electron chi connectivity index (χ2n) is 6.84. The second kappa shape index (κ2) is 5.01. The highest BCUT2D eigenvalue weighted by atomic mass is 16.8. The Balaban J connectivity index is 1.51. The first-order valence-corrected chi connectivity index (χ1v) is 7.84. The Labute approximate surface area is 130 Å². The highest BCUT2D eigenvalue weighted by Crippen LogP contribution is 2.59. The predicted molar refractivity (Wildman–Crippen MR) is 77.9 cm³/mol. The third kappa shape index (κ3) is 2.28. The minimum absolute atomic E-state index is 0.105. The maximum Gasteiger partial charge on any atom is 0.190 e. The van der Waals surface area contributed by atoms with E-state index in [2.05, 4.69) is 0 Å². The van der Waals surface area contributed by atoms with Gasteiger partial charge >= 0.3 is 0 Å². The molecule has 0 radical (unpaired) electrons. The van der Waals surface area contributed by atoms with Crippen LogP contribution in [0.25, 0.3) is 0 Å². The molecule has 3 aliphatic rings. The molecule has 1 aromatic rings. The molecule has 4 rings (SSSR count). The SMILES string of the molecule is CC1(C)O[C@H]2O[C@]3(C[C@@H]3CO)C(OCc3ccccc3)[C@@H]2O1. The van der Waals surface area contributed by atoms with E-state index in [9.17, 15) is 5.11 Å². The van der Waals surface area contributed by atoms with Crippen LogP contribution in [-0.4, -0.2) is 41.6 Å². The van der Waals surface area contributed by atoms with Crippen molar-refractivity contribution in [2.45, 2.75) is 56.8 Å². The zero-order valence-electron chi connectivity index (χ0n) is 12.9. The third-order valence-electron chi connectivity index (χ3n) is 4.79. The number of aliphatic hydroxyl groups excluding tert-OH is 1. The van der Waals surface area contributed by atoms with Crippen molar-refractivity contribution < 1.29 is 24.1 Å². The van der Waals surface area contributed by atoms with Crippen LogP contribution >= 0.6 is 0 Å². The number of hydrogen-bond acceptors (Lipinski definition) is 5. The van der Waals surface area contributed by atoms with Crippen LogP contribution in [0.3, 0.4) is 0 Å². The number of rotatable bonds is 4. The molecule has 120 valence electrons. The summed E-state index contributed by atoms with van der Waals surface area (Å²) >= 11 is 0. The van der Waals surface area contributed by atoms with Crippen LogP contribution < -0.4 is 0 Å². The van der Waals surface area contributed by atoms with E-state index < -0.39 is 17.7 Å². The molecule has 2 heterocycles. The Hall–Kier alpha value is -0.980. The van der Waals surface area contributed by atoms with Gasteiger partial charge in [0.15, 0.2) is 12.1 Å². The predicted octanol–water partition coefficient (Wildman–Crippen LogP) is 1.83. The van der Waals surface area contributed by atoms with Crippen molar-refractivity contribution in [1.82, 2.24) is 0 Å². The number of benzene rings is 1. The molecule has 0 amide bonds. The summed E-state index contributed by atoms with van der Waals surface area (Å²) in [6.07, 6.45) is -0.0671. The standard InChI is InChI=1S/C17H22O5/c1-16(2)20-13-14(19-10-11-6-4-3-5-7-11)17(8-12(17)9-18)22-15(13)21-16/h3-7,12-15,18H,8-10H2,1-2H3/t12-,13+,14?,15+,17+/m1/s1. The first kappa shape index (κ1) is 14.6. The van der Waals surface area contributed by atoms with Crippen LogP contribution in [0.1, 0.15) is 25.8 Å². The van der Waals surface area contributed by atoms with E-state index in [1.807, 2.05) is 44.2 Å². The minimum atomic E-state index is -0.658. The van der Waals surface area contributed by atoms with Crippen molar-refractivity contribution in [3.8, 4) is 0 Å². The molecule has 1 unspecified atom stereocenters. The minimum Gasteiger partial charge on any atom is -0.396 e. The monoisotopic (exact) mass is 306 g/mol. The molecule has 1 N–H and O–H groups in total. The summed E-state index contributed by atoms with van der Waals surface area (Å²) in [7, 11) is 0. The molecular formula is C17H22O5. The fourth-order valence-electron chi connectivity index (χ4n) is 3.65. The highest BCUT2D eigenvalue weighted by Gasteiger charge is 2.72. The Morgan fingerprint density at radius 3 is 2.64 bits per heavy atom. The number of fused-ring (bicyclic) bond motifs is 1. The van der Waals surface area contributed by atoms with Crippen LogP contribution in [0, 0.1) is 5.92 Å². The van der Waals surface area contributed by atoms with E-state index in [4.69, 9.17) is 18.9 Å². The first-order chi connectivity index (χ1) is 10.5. The first-order valence-electron chi connectivity index (χ1n) is 7.84. The lowest BCUT2D eigenvalue weighted by atomic mass is 10.1. The van der Waals surface area contributed by atoms with Gasteiger partial charge in [-0.3, -0.25) is 0 Å². The zero-order chi connectivity index (χ0) is 15.4. The van der Waals surface area contributed by atoms with Gasteiger partial charge in [0.1, 0.15) is 17.8 Å². The maximum atomic E-state index is 9.48. The number of hydrogen-bond donors (Lipinski definition) is 1. The van der Waals surface area contributed by atoms with E-state index in [-0.39, 0.29) is 24.7 Å². The van der Waals surface area contributed by atoms with E-state index >= 15 is 0 Å². The van der Waals surface area contributed by atoms with Crippen molar-refractivity contribution in [3.63, 3.8) is 0 Å². The van der Waals surface area contributed by atoms with Gasteiger partial charge in [0, 0.05) is 12.5 Å². The van der Waals surface area contributed by atoms with Gasteiger partial charge in [0.2, 0.25) is 0 Å². The van der Waals surface area contributed by atoms with Gasteiger partial charge in [-0.05, 0) is 25.8 Å². The average molecular weight is 306 g/mol. The van der Waals surface area contributed by atoms with Gasteiger partial charge in [-0.2, -0.15) is 0 Å². The summed E-state index contributed by atoms with van der Waals surface area (Å²) in [5.74, 6) is -0.552. The van der Waals surface area contributed by atoms with E-state index in [0.29, 0.717) is 6.61 Å². The average Bonchev–Trinajstić information content (AvgIpc) is 3.02. The molecule has 1 saturated carbocycles. The van der Waals surface area contributed by atoms with E-state index in [1.54, 1.807) is 0 Å². The van der Waals surface area contributed by atoms with Crippen LogP contribution in [-0.2, 0) is 25.6 Å². The molecule has 1 aliphatic carbocycles. The summed E-state index contributed by atoms with van der Waals surface area (Å²) in [4.78, 5) is 0. The Morgan fingerprint density at radius 2 is 1.95 bits per heavy atom. The summed E-state index contributed by atoms with van der Waals surface area (Å²) in [5, 5.41) is 9.48. The van der Waals surface area contributed by atoms with Crippen LogP contribution in [0.5, 0.6) is 0 Å². The zero-order valence-corrected chi connectivity index (χ0v) is 12.9. The second-order valence-corrected chi connectivity index (χ2v) is 6.84. The molecule has 5 atom stereocenters. The molecule has 3 fully saturated rings. The summed E-state index contributed by atoms with van der Waals surface area (Å²) in [6, 6.07) is 10.0. The van der Waals surface area contributed by atoms with Crippen molar-refractivity contribution >= 4 is 0 Å². The van der Waals surface area contributed by atoms with Gasteiger partial charge < -0.3 is 24.1 Å². The normalized spacial score (nSPS) is 41.8. The fourth-order valence-corrected chi connectivity index (χ4v) is 3.65. The number of ether oxygens (including phenoxy) is 4. The Bertz CT molecular complexity index is 545. The summed E-state index contributed by atoms with van der Waals surface area (Å²) in [6.45, 7) is 4.37. The van der Waals surface area contributed by atoms with Gasteiger partial charge in [0.05, 0.1) is 6.61 Å².